The Morgan fingerprint density at radius 1 is 1.26 bits per heavy atom. The second kappa shape index (κ2) is 5.47. The van der Waals surface area contributed by atoms with Gasteiger partial charge >= 0.3 is 0 Å². The van der Waals surface area contributed by atoms with Crippen LogP contribution in [0.1, 0.15) is 19.3 Å². The summed E-state index contributed by atoms with van der Waals surface area (Å²) in [5, 5.41) is 14.3. The van der Waals surface area contributed by atoms with Gasteiger partial charge in [-0.3, -0.25) is 0 Å². The number of fused-ring (bicyclic) bond motifs is 1. The number of pyridine rings is 1. The van der Waals surface area contributed by atoms with Gasteiger partial charge < -0.3 is 10.4 Å². The molecule has 2 aromatic rings. The largest absolute Gasteiger partial charge is 0.393 e. The van der Waals surface area contributed by atoms with Crippen LogP contribution in [0.25, 0.3) is 10.9 Å². The first-order valence-electron chi connectivity index (χ1n) is 6.70. The molecule has 1 fully saturated rings. The Balaban J connectivity index is 1.72. The van der Waals surface area contributed by atoms with Crippen LogP contribution in [0.3, 0.4) is 0 Å². The van der Waals surface area contributed by atoms with E-state index in [0.29, 0.717) is 5.92 Å². The van der Waals surface area contributed by atoms with Gasteiger partial charge in [-0.2, -0.15) is 0 Å². The summed E-state index contributed by atoms with van der Waals surface area (Å²) in [5.41, 5.74) is 0.986. The Kier molecular flexibility index (Phi) is 3.71. The fraction of sp³-hybridized carbons (Fsp3) is 0.400. The fourth-order valence-corrected chi connectivity index (χ4v) is 3.06. The molecule has 1 aromatic heterocycles. The maximum Gasteiger partial charge on any atom is 0.126 e. The van der Waals surface area contributed by atoms with Crippen molar-refractivity contribution >= 4 is 32.7 Å². The number of hydrogen-bond acceptors (Lipinski definition) is 3. The zero-order valence-corrected chi connectivity index (χ0v) is 12.2. The van der Waals surface area contributed by atoms with E-state index in [1.165, 1.54) is 0 Å². The molecule has 3 nitrogen and oxygen atoms in total. The highest BCUT2D eigenvalue weighted by atomic mass is 79.9. The molecule has 19 heavy (non-hydrogen) atoms. The predicted molar refractivity (Wildman–Crippen MR) is 81.3 cm³/mol. The lowest BCUT2D eigenvalue weighted by atomic mass is 10.1. The van der Waals surface area contributed by atoms with Crippen LogP contribution in [0, 0.1) is 5.92 Å². The maximum atomic E-state index is 9.80. The Labute approximate surface area is 121 Å². The summed E-state index contributed by atoms with van der Waals surface area (Å²) in [4.78, 5) is 4.59. The van der Waals surface area contributed by atoms with E-state index in [1.807, 2.05) is 18.2 Å². The third-order valence-electron chi connectivity index (χ3n) is 3.82. The number of rotatable bonds is 3. The molecule has 4 heteroatoms. The van der Waals surface area contributed by atoms with Crippen LogP contribution in [0.15, 0.2) is 34.8 Å². The first-order chi connectivity index (χ1) is 9.22. The number of hydrogen-bond donors (Lipinski definition) is 2. The number of benzene rings is 1. The molecule has 1 saturated carbocycles. The highest BCUT2D eigenvalue weighted by Crippen LogP contribution is 2.26. The summed E-state index contributed by atoms with van der Waals surface area (Å²) in [6.45, 7) is 0.802. The minimum Gasteiger partial charge on any atom is -0.393 e. The van der Waals surface area contributed by atoms with E-state index in [9.17, 15) is 5.11 Å². The third-order valence-corrected chi connectivity index (χ3v) is 4.31. The highest BCUT2D eigenvalue weighted by Gasteiger charge is 2.24. The molecule has 1 aliphatic rings. The van der Waals surface area contributed by atoms with Crippen molar-refractivity contribution in [2.45, 2.75) is 25.4 Å². The number of aromatic nitrogens is 1. The smallest absolute Gasteiger partial charge is 0.126 e. The van der Waals surface area contributed by atoms with E-state index in [0.717, 1.165) is 47.0 Å². The summed E-state index contributed by atoms with van der Waals surface area (Å²) in [6.07, 6.45) is 3.02. The van der Waals surface area contributed by atoms with Gasteiger partial charge in [-0.1, -0.05) is 22.4 Å². The van der Waals surface area contributed by atoms with Gasteiger partial charge in [0.15, 0.2) is 0 Å². The molecule has 100 valence electrons. The molecular weight excluding hydrogens is 304 g/mol. The maximum absolute atomic E-state index is 9.80. The van der Waals surface area contributed by atoms with Gasteiger partial charge in [0.1, 0.15) is 5.82 Å². The SMILES string of the molecule is OC1CCCC1CNc1ccc2cc(Br)ccc2n1. The summed E-state index contributed by atoms with van der Waals surface area (Å²) in [5.74, 6) is 1.25. The number of aliphatic hydroxyl groups excluding tert-OH is 1. The molecule has 0 aliphatic heterocycles. The van der Waals surface area contributed by atoms with Gasteiger partial charge in [0, 0.05) is 22.3 Å². The van der Waals surface area contributed by atoms with Crippen molar-refractivity contribution in [2.24, 2.45) is 5.92 Å². The van der Waals surface area contributed by atoms with E-state index in [2.05, 4.69) is 38.4 Å². The van der Waals surface area contributed by atoms with Crippen molar-refractivity contribution < 1.29 is 5.11 Å². The van der Waals surface area contributed by atoms with E-state index in [-0.39, 0.29) is 6.10 Å². The molecule has 2 N–H and O–H groups in total. The van der Waals surface area contributed by atoms with E-state index < -0.39 is 0 Å². The minimum absolute atomic E-state index is 0.149. The molecule has 0 bridgehead atoms. The molecule has 1 aromatic carbocycles. The lowest BCUT2D eigenvalue weighted by molar-refractivity contribution is 0.138. The Hall–Kier alpha value is -1.13. The van der Waals surface area contributed by atoms with Crippen molar-refractivity contribution in [2.75, 3.05) is 11.9 Å². The van der Waals surface area contributed by atoms with Crippen LogP contribution in [-0.4, -0.2) is 22.7 Å². The van der Waals surface area contributed by atoms with Gasteiger partial charge in [0.05, 0.1) is 11.6 Å². The highest BCUT2D eigenvalue weighted by molar-refractivity contribution is 9.10. The van der Waals surface area contributed by atoms with E-state index >= 15 is 0 Å². The standard InChI is InChI=1S/C15H17BrN2O/c16-12-5-6-13-10(8-12)4-7-15(18-13)17-9-11-2-1-3-14(11)19/h4-8,11,14,19H,1-3,9H2,(H,17,18). The van der Waals surface area contributed by atoms with Gasteiger partial charge in [-0.25, -0.2) is 4.98 Å². The summed E-state index contributed by atoms with van der Waals surface area (Å²) in [6, 6.07) is 10.1. The van der Waals surface area contributed by atoms with E-state index in [1.54, 1.807) is 0 Å². The summed E-state index contributed by atoms with van der Waals surface area (Å²) < 4.78 is 1.07. The molecule has 1 aliphatic carbocycles. The van der Waals surface area contributed by atoms with Crippen molar-refractivity contribution in [3.05, 3.63) is 34.8 Å². The summed E-state index contributed by atoms with van der Waals surface area (Å²) in [7, 11) is 0. The predicted octanol–water partition coefficient (Wildman–Crippen LogP) is 3.57. The molecule has 3 rings (SSSR count). The average Bonchev–Trinajstić information content (AvgIpc) is 2.82. The van der Waals surface area contributed by atoms with Gasteiger partial charge in [-0.15, -0.1) is 0 Å². The van der Waals surface area contributed by atoms with Crippen LogP contribution in [0.5, 0.6) is 0 Å². The van der Waals surface area contributed by atoms with Crippen molar-refractivity contribution in [1.82, 2.24) is 4.98 Å². The van der Waals surface area contributed by atoms with Crippen molar-refractivity contribution in [3.8, 4) is 0 Å². The van der Waals surface area contributed by atoms with Crippen LogP contribution in [-0.2, 0) is 0 Å². The molecule has 2 unspecified atom stereocenters. The Morgan fingerprint density at radius 3 is 2.95 bits per heavy atom. The average molecular weight is 321 g/mol. The number of anilines is 1. The second-order valence-electron chi connectivity index (χ2n) is 5.17. The topological polar surface area (TPSA) is 45.1 Å². The summed E-state index contributed by atoms with van der Waals surface area (Å²) >= 11 is 3.46. The van der Waals surface area contributed by atoms with Crippen molar-refractivity contribution in [1.29, 1.82) is 0 Å². The lowest BCUT2D eigenvalue weighted by Crippen LogP contribution is -2.22. The molecular formula is C15H17BrN2O. The zero-order chi connectivity index (χ0) is 13.2. The molecule has 1 heterocycles. The molecule has 0 spiro atoms. The van der Waals surface area contributed by atoms with Gasteiger partial charge in [0.25, 0.3) is 0 Å². The monoisotopic (exact) mass is 320 g/mol. The van der Waals surface area contributed by atoms with Crippen LogP contribution in [0.2, 0.25) is 0 Å². The van der Waals surface area contributed by atoms with E-state index in [4.69, 9.17) is 0 Å². The van der Waals surface area contributed by atoms with Crippen LogP contribution in [0.4, 0.5) is 5.82 Å². The number of halogens is 1. The lowest BCUT2D eigenvalue weighted by Gasteiger charge is -2.15. The molecule has 2 atom stereocenters. The first-order valence-corrected chi connectivity index (χ1v) is 7.50. The van der Waals surface area contributed by atoms with Crippen molar-refractivity contribution in [3.63, 3.8) is 0 Å². The third kappa shape index (κ3) is 2.90. The number of nitrogens with one attached hydrogen (secondary N) is 1. The van der Waals surface area contributed by atoms with Gasteiger partial charge in [-0.05, 0) is 43.2 Å². The Bertz CT molecular complexity index is 587. The number of aliphatic hydroxyl groups is 1. The molecule has 0 amide bonds. The zero-order valence-electron chi connectivity index (χ0n) is 10.6. The van der Waals surface area contributed by atoms with Gasteiger partial charge in [0.2, 0.25) is 0 Å². The fourth-order valence-electron chi connectivity index (χ4n) is 2.69. The molecule has 0 radical (unpaired) electrons. The normalized spacial score (nSPS) is 22.8. The second-order valence-corrected chi connectivity index (χ2v) is 6.09. The first kappa shape index (κ1) is 12.9. The van der Waals surface area contributed by atoms with Crippen LogP contribution >= 0.6 is 15.9 Å². The Morgan fingerprint density at radius 2 is 2.16 bits per heavy atom. The minimum atomic E-state index is -0.149. The quantitative estimate of drug-likeness (QED) is 0.908. The van der Waals surface area contributed by atoms with Crippen LogP contribution < -0.4 is 5.32 Å². The number of nitrogens with zero attached hydrogens (tertiary/aromatic N) is 1. The molecule has 0 saturated heterocycles.